The Morgan fingerprint density at radius 3 is 2.90 bits per heavy atom. The molecule has 0 spiro atoms. The summed E-state index contributed by atoms with van der Waals surface area (Å²) in [5.74, 6) is 0.0194. The van der Waals surface area contributed by atoms with E-state index in [1.807, 2.05) is 16.9 Å². The topological polar surface area (TPSA) is 47.8 Å². The molecule has 0 unspecified atom stereocenters. The first-order valence-electron chi connectivity index (χ1n) is 6.91. The van der Waals surface area contributed by atoms with E-state index in [-0.39, 0.29) is 5.78 Å². The molecule has 0 N–H and O–H groups in total. The monoisotopic (exact) mass is 289 g/mol. The van der Waals surface area contributed by atoms with Crippen molar-refractivity contribution < 1.29 is 4.79 Å². The van der Waals surface area contributed by atoms with Crippen LogP contribution in [-0.2, 0) is 6.42 Å². The van der Waals surface area contributed by atoms with Crippen LogP contribution in [0.3, 0.4) is 0 Å². The van der Waals surface area contributed by atoms with E-state index >= 15 is 0 Å². The average molecular weight is 290 g/mol. The first kappa shape index (κ1) is 13.3. The van der Waals surface area contributed by atoms with Gasteiger partial charge in [0, 0.05) is 18.0 Å². The number of nitrogens with zero attached hydrogens (tertiary/aromatic N) is 3. The number of hydrogen-bond donors (Lipinski definition) is 0. The van der Waals surface area contributed by atoms with Crippen LogP contribution in [-0.4, -0.2) is 20.5 Å². The number of pyridine rings is 1. The third kappa shape index (κ3) is 2.90. The van der Waals surface area contributed by atoms with Gasteiger partial charge < -0.3 is 0 Å². The number of halogens is 1. The van der Waals surface area contributed by atoms with Crippen molar-refractivity contribution in [1.29, 1.82) is 0 Å². The Morgan fingerprint density at radius 1 is 1.35 bits per heavy atom. The molecule has 1 fully saturated rings. The lowest BCUT2D eigenvalue weighted by atomic mass is 10.1. The Kier molecular flexibility index (Phi) is 3.83. The molecule has 1 aliphatic carbocycles. The molecule has 3 rings (SSSR count). The maximum absolute atomic E-state index is 12.2. The first-order valence-corrected chi connectivity index (χ1v) is 7.29. The molecule has 0 saturated heterocycles. The standard InChI is InChI=1S/C15H16ClN3O/c16-15-9-11(5-7-17-15)14(20)10-12-6-8-19(18-12)13-3-1-2-4-13/h5-9,13H,1-4,10H2. The summed E-state index contributed by atoms with van der Waals surface area (Å²) in [6.07, 6.45) is 8.76. The van der Waals surface area contributed by atoms with Crippen LogP contribution in [0.4, 0.5) is 0 Å². The van der Waals surface area contributed by atoms with E-state index in [0.717, 1.165) is 5.69 Å². The van der Waals surface area contributed by atoms with Gasteiger partial charge in [-0.3, -0.25) is 9.48 Å². The van der Waals surface area contributed by atoms with Crippen LogP contribution in [0.15, 0.2) is 30.6 Å². The zero-order valence-corrected chi connectivity index (χ0v) is 11.9. The molecule has 104 valence electrons. The molecule has 1 saturated carbocycles. The fourth-order valence-electron chi connectivity index (χ4n) is 2.69. The summed E-state index contributed by atoms with van der Waals surface area (Å²) in [6.45, 7) is 0. The minimum Gasteiger partial charge on any atom is -0.294 e. The molecule has 5 heteroatoms. The summed E-state index contributed by atoms with van der Waals surface area (Å²) < 4.78 is 2.01. The van der Waals surface area contributed by atoms with Gasteiger partial charge in [0.15, 0.2) is 5.78 Å². The van der Waals surface area contributed by atoms with E-state index in [9.17, 15) is 4.79 Å². The SMILES string of the molecule is O=C(Cc1ccn(C2CCCC2)n1)c1ccnc(Cl)c1. The van der Waals surface area contributed by atoms with Gasteiger partial charge in [-0.1, -0.05) is 24.4 Å². The molecular formula is C15H16ClN3O. The highest BCUT2D eigenvalue weighted by Gasteiger charge is 2.18. The van der Waals surface area contributed by atoms with Crippen molar-refractivity contribution in [3.05, 3.63) is 47.0 Å². The number of aromatic nitrogens is 3. The smallest absolute Gasteiger partial charge is 0.169 e. The highest BCUT2D eigenvalue weighted by Crippen LogP contribution is 2.28. The van der Waals surface area contributed by atoms with Crippen LogP contribution >= 0.6 is 11.6 Å². The van der Waals surface area contributed by atoms with Crippen LogP contribution in [0.5, 0.6) is 0 Å². The van der Waals surface area contributed by atoms with Crippen molar-refractivity contribution in [3.8, 4) is 0 Å². The molecule has 0 aromatic carbocycles. The Bertz CT molecular complexity index is 617. The minimum absolute atomic E-state index is 0.0194. The number of hydrogen-bond acceptors (Lipinski definition) is 3. The quantitative estimate of drug-likeness (QED) is 0.639. The Balaban J connectivity index is 1.70. The second kappa shape index (κ2) is 5.75. The molecule has 1 aliphatic rings. The molecule has 4 nitrogen and oxygen atoms in total. The van der Waals surface area contributed by atoms with Gasteiger partial charge in [0.1, 0.15) is 5.15 Å². The van der Waals surface area contributed by atoms with Crippen molar-refractivity contribution in [2.75, 3.05) is 0 Å². The molecule has 2 aromatic heterocycles. The van der Waals surface area contributed by atoms with Crippen LogP contribution in [0.2, 0.25) is 5.15 Å². The largest absolute Gasteiger partial charge is 0.294 e. The summed E-state index contributed by atoms with van der Waals surface area (Å²) >= 11 is 5.80. The minimum atomic E-state index is 0.0194. The van der Waals surface area contributed by atoms with Crippen molar-refractivity contribution in [2.24, 2.45) is 0 Å². The molecule has 2 heterocycles. The predicted octanol–water partition coefficient (Wildman–Crippen LogP) is 3.47. The van der Waals surface area contributed by atoms with E-state index in [1.54, 1.807) is 18.3 Å². The number of carbonyl (C=O) groups is 1. The van der Waals surface area contributed by atoms with Crippen LogP contribution in [0.1, 0.15) is 47.8 Å². The number of Topliss-reactive ketones (excluding diaryl/α,β-unsaturated/α-hetero) is 1. The van der Waals surface area contributed by atoms with Crippen molar-refractivity contribution in [1.82, 2.24) is 14.8 Å². The fourth-order valence-corrected chi connectivity index (χ4v) is 2.86. The first-order chi connectivity index (χ1) is 9.72. The van der Waals surface area contributed by atoms with Crippen molar-refractivity contribution >= 4 is 17.4 Å². The van der Waals surface area contributed by atoms with Gasteiger partial charge in [0.25, 0.3) is 0 Å². The lowest BCUT2D eigenvalue weighted by Gasteiger charge is -2.08. The van der Waals surface area contributed by atoms with Crippen LogP contribution in [0, 0.1) is 0 Å². The highest BCUT2D eigenvalue weighted by molar-refractivity contribution is 6.29. The number of ketones is 1. The molecule has 2 aromatic rings. The third-order valence-corrected chi connectivity index (χ3v) is 3.96. The van der Waals surface area contributed by atoms with Crippen LogP contribution in [0.25, 0.3) is 0 Å². The molecule has 0 amide bonds. The molecule has 20 heavy (non-hydrogen) atoms. The van der Waals surface area contributed by atoms with Gasteiger partial charge in [-0.05, 0) is 31.0 Å². The Hall–Kier alpha value is -1.68. The van der Waals surface area contributed by atoms with E-state index in [2.05, 4.69) is 10.1 Å². The van der Waals surface area contributed by atoms with Gasteiger partial charge in [-0.15, -0.1) is 0 Å². The second-order valence-corrected chi connectivity index (χ2v) is 5.58. The maximum Gasteiger partial charge on any atom is 0.169 e. The molecular weight excluding hydrogens is 274 g/mol. The summed E-state index contributed by atoms with van der Waals surface area (Å²) in [4.78, 5) is 16.0. The highest BCUT2D eigenvalue weighted by atomic mass is 35.5. The predicted molar refractivity (Wildman–Crippen MR) is 77.0 cm³/mol. The normalized spacial score (nSPS) is 15.7. The molecule has 0 bridgehead atoms. The van der Waals surface area contributed by atoms with E-state index < -0.39 is 0 Å². The van der Waals surface area contributed by atoms with Crippen molar-refractivity contribution in [2.45, 2.75) is 38.1 Å². The summed E-state index contributed by atoms with van der Waals surface area (Å²) in [7, 11) is 0. The lowest BCUT2D eigenvalue weighted by molar-refractivity contribution is 0.0991. The molecule has 0 radical (unpaired) electrons. The summed E-state index contributed by atoms with van der Waals surface area (Å²) in [5, 5.41) is 4.87. The number of rotatable bonds is 4. The van der Waals surface area contributed by atoms with Gasteiger partial charge in [-0.25, -0.2) is 4.98 Å². The van der Waals surface area contributed by atoms with E-state index in [0.29, 0.717) is 23.2 Å². The number of carbonyl (C=O) groups excluding carboxylic acids is 1. The molecule has 0 atom stereocenters. The zero-order valence-electron chi connectivity index (χ0n) is 11.1. The van der Waals surface area contributed by atoms with Crippen molar-refractivity contribution in [3.63, 3.8) is 0 Å². The van der Waals surface area contributed by atoms with E-state index in [4.69, 9.17) is 11.6 Å². The third-order valence-electron chi connectivity index (χ3n) is 3.75. The van der Waals surface area contributed by atoms with Crippen LogP contribution < -0.4 is 0 Å². The van der Waals surface area contributed by atoms with Gasteiger partial charge in [0.05, 0.1) is 18.2 Å². The second-order valence-electron chi connectivity index (χ2n) is 5.19. The van der Waals surface area contributed by atoms with Gasteiger partial charge >= 0.3 is 0 Å². The lowest BCUT2D eigenvalue weighted by Crippen LogP contribution is -2.08. The average Bonchev–Trinajstić information content (AvgIpc) is 3.08. The molecule has 0 aliphatic heterocycles. The van der Waals surface area contributed by atoms with Gasteiger partial charge in [-0.2, -0.15) is 5.10 Å². The zero-order chi connectivity index (χ0) is 13.9. The summed E-state index contributed by atoms with van der Waals surface area (Å²) in [6, 6.07) is 5.72. The fraction of sp³-hybridized carbons (Fsp3) is 0.400. The Morgan fingerprint density at radius 2 is 2.15 bits per heavy atom. The summed E-state index contributed by atoms with van der Waals surface area (Å²) in [5.41, 5.74) is 1.40. The Labute approximate surface area is 122 Å². The maximum atomic E-state index is 12.2. The van der Waals surface area contributed by atoms with E-state index in [1.165, 1.54) is 25.7 Å². The van der Waals surface area contributed by atoms with Gasteiger partial charge in [0.2, 0.25) is 0 Å².